The van der Waals surface area contributed by atoms with Gasteiger partial charge in [0, 0.05) is 6.54 Å². The van der Waals surface area contributed by atoms with Crippen molar-refractivity contribution < 1.29 is 13.9 Å². The van der Waals surface area contributed by atoms with Crippen LogP contribution < -0.4 is 10.1 Å². The smallest absolute Gasteiger partial charge is 0.260 e. The fourth-order valence-corrected chi connectivity index (χ4v) is 1.88. The molecular weight excluding hydrogens is 269 g/mol. The molecule has 4 heteroatoms. The van der Waals surface area contributed by atoms with Crippen molar-refractivity contribution in [2.24, 2.45) is 0 Å². The summed E-state index contributed by atoms with van der Waals surface area (Å²) in [7, 11) is 0. The van der Waals surface area contributed by atoms with E-state index in [1.807, 2.05) is 30.3 Å². The van der Waals surface area contributed by atoms with Gasteiger partial charge in [0.2, 0.25) is 0 Å². The predicted molar refractivity (Wildman–Crippen MR) is 79.6 cm³/mol. The third-order valence-electron chi connectivity index (χ3n) is 3.05. The van der Waals surface area contributed by atoms with Crippen molar-refractivity contribution in [1.29, 1.82) is 0 Å². The predicted octanol–water partition coefficient (Wildman–Crippen LogP) is 2.95. The quantitative estimate of drug-likeness (QED) is 0.887. The Labute approximate surface area is 123 Å². The Balaban J connectivity index is 1.75. The van der Waals surface area contributed by atoms with Crippen molar-refractivity contribution in [1.82, 2.24) is 5.32 Å². The van der Waals surface area contributed by atoms with Gasteiger partial charge in [-0.2, -0.15) is 0 Å². The van der Waals surface area contributed by atoms with E-state index in [9.17, 15) is 9.18 Å². The summed E-state index contributed by atoms with van der Waals surface area (Å²) in [6.07, 6.45) is 0.102. The van der Waals surface area contributed by atoms with Crippen molar-refractivity contribution in [2.75, 3.05) is 6.54 Å². The lowest BCUT2D eigenvalue weighted by molar-refractivity contribution is -0.127. The molecule has 1 amide bonds. The second-order valence-corrected chi connectivity index (χ2v) is 4.74. The van der Waals surface area contributed by atoms with Gasteiger partial charge in [-0.05, 0) is 43.2 Å². The van der Waals surface area contributed by atoms with Gasteiger partial charge in [-0.15, -0.1) is 0 Å². The molecule has 0 spiro atoms. The van der Waals surface area contributed by atoms with Crippen molar-refractivity contribution in [3.63, 3.8) is 0 Å². The van der Waals surface area contributed by atoms with E-state index in [2.05, 4.69) is 5.32 Å². The Bertz CT molecular complexity index is 569. The molecule has 3 nitrogen and oxygen atoms in total. The number of carbonyl (C=O) groups is 1. The average Bonchev–Trinajstić information content (AvgIpc) is 2.50. The van der Waals surface area contributed by atoms with Crippen LogP contribution in [0.1, 0.15) is 12.5 Å². The Hall–Kier alpha value is -2.36. The molecule has 0 radical (unpaired) electrons. The van der Waals surface area contributed by atoms with Crippen molar-refractivity contribution in [3.05, 3.63) is 66.0 Å². The van der Waals surface area contributed by atoms with Crippen LogP contribution in [0.2, 0.25) is 0 Å². The number of hydrogen-bond acceptors (Lipinski definition) is 2. The number of halogens is 1. The van der Waals surface area contributed by atoms with Gasteiger partial charge in [0.05, 0.1) is 0 Å². The third kappa shape index (κ3) is 4.91. The molecule has 0 bridgehead atoms. The van der Waals surface area contributed by atoms with Gasteiger partial charge in [0.25, 0.3) is 5.91 Å². The second kappa shape index (κ2) is 7.43. The highest BCUT2D eigenvalue weighted by molar-refractivity contribution is 5.80. The van der Waals surface area contributed by atoms with E-state index in [1.54, 1.807) is 19.1 Å². The van der Waals surface area contributed by atoms with Crippen LogP contribution in [0, 0.1) is 5.82 Å². The lowest BCUT2D eigenvalue weighted by Crippen LogP contribution is -2.37. The highest BCUT2D eigenvalue weighted by Crippen LogP contribution is 2.10. The molecule has 0 fully saturated rings. The van der Waals surface area contributed by atoms with E-state index in [1.165, 1.54) is 12.1 Å². The molecule has 21 heavy (non-hydrogen) atoms. The molecular formula is C17H18FNO2. The molecule has 2 aromatic rings. The average molecular weight is 287 g/mol. The molecule has 0 aliphatic heterocycles. The van der Waals surface area contributed by atoms with E-state index < -0.39 is 6.10 Å². The summed E-state index contributed by atoms with van der Waals surface area (Å²) in [6, 6.07) is 15.5. The van der Waals surface area contributed by atoms with Gasteiger partial charge in [0.15, 0.2) is 6.10 Å². The first kappa shape index (κ1) is 15.0. The summed E-state index contributed by atoms with van der Waals surface area (Å²) in [5, 5.41) is 2.81. The van der Waals surface area contributed by atoms with Crippen LogP contribution in [0.15, 0.2) is 54.6 Å². The third-order valence-corrected chi connectivity index (χ3v) is 3.05. The molecule has 0 aliphatic rings. The maximum absolute atomic E-state index is 12.8. The fraction of sp³-hybridized carbons (Fsp3) is 0.235. The summed E-state index contributed by atoms with van der Waals surface area (Å²) in [4.78, 5) is 11.9. The zero-order chi connectivity index (χ0) is 15.1. The van der Waals surface area contributed by atoms with Crippen molar-refractivity contribution in [2.45, 2.75) is 19.4 Å². The highest BCUT2D eigenvalue weighted by Gasteiger charge is 2.13. The van der Waals surface area contributed by atoms with Gasteiger partial charge >= 0.3 is 0 Å². The number of ether oxygens (including phenoxy) is 1. The van der Waals surface area contributed by atoms with Crippen LogP contribution in [-0.4, -0.2) is 18.6 Å². The standard InChI is InChI=1S/C17H18FNO2/c1-13(21-16-5-3-2-4-6-16)17(20)19-12-11-14-7-9-15(18)10-8-14/h2-10,13H,11-12H2,1H3,(H,19,20). The SMILES string of the molecule is CC(Oc1ccccc1)C(=O)NCCc1ccc(F)cc1. The van der Waals surface area contributed by atoms with E-state index in [0.29, 0.717) is 18.7 Å². The molecule has 1 unspecified atom stereocenters. The largest absolute Gasteiger partial charge is 0.481 e. The molecule has 1 atom stereocenters. The van der Waals surface area contributed by atoms with Crippen LogP contribution in [0.25, 0.3) is 0 Å². The second-order valence-electron chi connectivity index (χ2n) is 4.74. The first-order valence-corrected chi connectivity index (χ1v) is 6.89. The van der Waals surface area contributed by atoms with Gasteiger partial charge < -0.3 is 10.1 Å². The first-order valence-electron chi connectivity index (χ1n) is 6.89. The Morgan fingerprint density at radius 1 is 1.14 bits per heavy atom. The van der Waals surface area contributed by atoms with Crippen LogP contribution in [-0.2, 0) is 11.2 Å². The van der Waals surface area contributed by atoms with E-state index in [-0.39, 0.29) is 11.7 Å². The zero-order valence-corrected chi connectivity index (χ0v) is 11.9. The molecule has 1 N–H and O–H groups in total. The van der Waals surface area contributed by atoms with Crippen molar-refractivity contribution in [3.8, 4) is 5.75 Å². The number of carbonyl (C=O) groups excluding carboxylic acids is 1. The van der Waals surface area contributed by atoms with Crippen LogP contribution in [0.5, 0.6) is 5.75 Å². The topological polar surface area (TPSA) is 38.3 Å². The zero-order valence-electron chi connectivity index (χ0n) is 11.9. The maximum atomic E-state index is 12.8. The monoisotopic (exact) mass is 287 g/mol. The molecule has 0 aliphatic carbocycles. The molecule has 0 saturated heterocycles. The number of hydrogen-bond donors (Lipinski definition) is 1. The Kier molecular flexibility index (Phi) is 5.32. The minimum atomic E-state index is -0.555. The Morgan fingerprint density at radius 2 is 1.81 bits per heavy atom. The van der Waals surface area contributed by atoms with Gasteiger partial charge in [-0.25, -0.2) is 4.39 Å². The van der Waals surface area contributed by atoms with Crippen LogP contribution >= 0.6 is 0 Å². The molecule has 2 aromatic carbocycles. The highest BCUT2D eigenvalue weighted by atomic mass is 19.1. The lowest BCUT2D eigenvalue weighted by Gasteiger charge is -2.14. The number of nitrogens with one attached hydrogen (secondary N) is 1. The summed E-state index contributed by atoms with van der Waals surface area (Å²) < 4.78 is 18.3. The molecule has 0 saturated carbocycles. The molecule has 0 heterocycles. The number of benzene rings is 2. The molecule has 110 valence electrons. The minimum absolute atomic E-state index is 0.166. The summed E-state index contributed by atoms with van der Waals surface area (Å²) in [5.41, 5.74) is 0.980. The van der Waals surface area contributed by atoms with Gasteiger partial charge in [-0.1, -0.05) is 30.3 Å². The molecule has 2 rings (SSSR count). The number of amides is 1. The maximum Gasteiger partial charge on any atom is 0.260 e. The fourth-order valence-electron chi connectivity index (χ4n) is 1.88. The Morgan fingerprint density at radius 3 is 2.48 bits per heavy atom. The summed E-state index contributed by atoms with van der Waals surface area (Å²) in [5.74, 6) is 0.243. The number of para-hydroxylation sites is 1. The summed E-state index contributed by atoms with van der Waals surface area (Å²) >= 11 is 0. The summed E-state index contributed by atoms with van der Waals surface area (Å²) in [6.45, 7) is 2.20. The van der Waals surface area contributed by atoms with E-state index in [0.717, 1.165) is 5.56 Å². The lowest BCUT2D eigenvalue weighted by atomic mass is 10.1. The minimum Gasteiger partial charge on any atom is -0.481 e. The molecule has 0 aromatic heterocycles. The van der Waals surface area contributed by atoms with Gasteiger partial charge in [0.1, 0.15) is 11.6 Å². The normalized spacial score (nSPS) is 11.7. The van der Waals surface area contributed by atoms with Gasteiger partial charge in [-0.3, -0.25) is 4.79 Å². The van der Waals surface area contributed by atoms with E-state index >= 15 is 0 Å². The first-order chi connectivity index (χ1) is 10.1. The van der Waals surface area contributed by atoms with Crippen LogP contribution in [0.3, 0.4) is 0 Å². The van der Waals surface area contributed by atoms with Crippen LogP contribution in [0.4, 0.5) is 4.39 Å². The van der Waals surface area contributed by atoms with E-state index in [4.69, 9.17) is 4.74 Å². The number of rotatable bonds is 6. The van der Waals surface area contributed by atoms with Crippen molar-refractivity contribution >= 4 is 5.91 Å².